The molecule has 3 rings (SSSR count). The van der Waals surface area contributed by atoms with Crippen molar-refractivity contribution >= 4 is 11.7 Å². The molecule has 4 N–H and O–H groups in total. The molecule has 6 nitrogen and oxygen atoms in total. The minimum atomic E-state index is -0.324. The Balaban J connectivity index is 2.05. The van der Waals surface area contributed by atoms with E-state index in [9.17, 15) is 5.11 Å². The van der Waals surface area contributed by atoms with Gasteiger partial charge in [0.25, 0.3) is 0 Å². The Morgan fingerprint density at radius 2 is 2.32 bits per heavy atom. The third kappa shape index (κ3) is 2.12. The number of rotatable bonds is 2. The van der Waals surface area contributed by atoms with E-state index in [4.69, 9.17) is 10.9 Å². The zero-order valence-corrected chi connectivity index (χ0v) is 10.7. The predicted molar refractivity (Wildman–Crippen MR) is 71.6 cm³/mol. The molecule has 1 aromatic rings. The van der Waals surface area contributed by atoms with Gasteiger partial charge in [-0.2, -0.15) is 0 Å². The molecule has 1 aliphatic heterocycles. The largest absolute Gasteiger partial charge is 0.409 e. The number of β-amino-alcohol motifs (C(OH)–C–C–N with tert-alkyl or cyclic N) is 1. The monoisotopic (exact) mass is 262 g/mol. The van der Waals surface area contributed by atoms with Gasteiger partial charge in [0.1, 0.15) is 5.82 Å². The summed E-state index contributed by atoms with van der Waals surface area (Å²) in [4.78, 5) is 6.69. The number of hydrogen-bond acceptors (Lipinski definition) is 5. The van der Waals surface area contributed by atoms with Crippen molar-refractivity contribution in [3.8, 4) is 0 Å². The van der Waals surface area contributed by atoms with Crippen molar-refractivity contribution in [3.63, 3.8) is 0 Å². The smallest absolute Gasteiger partial charge is 0.173 e. The van der Waals surface area contributed by atoms with Gasteiger partial charge in [-0.1, -0.05) is 5.16 Å². The SMILES string of the molecule is NC(=NO)c1cc2c(nc1N1CCC(O)C1)CCC2. The number of anilines is 1. The number of nitrogens with zero attached hydrogens (tertiary/aromatic N) is 3. The van der Waals surface area contributed by atoms with Gasteiger partial charge in [-0.25, -0.2) is 4.98 Å². The van der Waals surface area contributed by atoms with Crippen LogP contribution in [-0.4, -0.2) is 40.3 Å². The Hall–Kier alpha value is -1.82. The third-order valence-electron chi connectivity index (χ3n) is 3.88. The first-order valence-electron chi connectivity index (χ1n) is 6.62. The van der Waals surface area contributed by atoms with Crippen LogP contribution in [0.3, 0.4) is 0 Å². The van der Waals surface area contributed by atoms with Crippen molar-refractivity contribution in [2.24, 2.45) is 10.9 Å². The highest BCUT2D eigenvalue weighted by Crippen LogP contribution is 2.29. The second kappa shape index (κ2) is 4.70. The molecule has 1 saturated heterocycles. The number of nitrogens with two attached hydrogens (primary N) is 1. The second-order valence-corrected chi connectivity index (χ2v) is 5.19. The van der Waals surface area contributed by atoms with Crippen LogP contribution in [0.15, 0.2) is 11.2 Å². The first kappa shape index (κ1) is 12.2. The van der Waals surface area contributed by atoms with Crippen molar-refractivity contribution < 1.29 is 10.3 Å². The molecule has 0 aromatic carbocycles. The highest BCUT2D eigenvalue weighted by molar-refractivity contribution is 6.01. The third-order valence-corrected chi connectivity index (χ3v) is 3.88. The van der Waals surface area contributed by atoms with E-state index >= 15 is 0 Å². The van der Waals surface area contributed by atoms with Gasteiger partial charge in [-0.15, -0.1) is 0 Å². The van der Waals surface area contributed by atoms with E-state index in [1.54, 1.807) is 0 Å². The van der Waals surface area contributed by atoms with Gasteiger partial charge in [-0.05, 0) is 37.3 Å². The summed E-state index contributed by atoms with van der Waals surface area (Å²) in [5.74, 6) is 0.811. The molecule has 1 fully saturated rings. The van der Waals surface area contributed by atoms with E-state index in [1.807, 2.05) is 11.0 Å². The summed E-state index contributed by atoms with van der Waals surface area (Å²) >= 11 is 0. The molecule has 1 atom stereocenters. The zero-order chi connectivity index (χ0) is 13.4. The maximum absolute atomic E-state index is 9.66. The summed E-state index contributed by atoms with van der Waals surface area (Å²) in [6.07, 6.45) is 3.49. The molecular weight excluding hydrogens is 244 g/mol. The summed E-state index contributed by atoms with van der Waals surface area (Å²) in [7, 11) is 0. The van der Waals surface area contributed by atoms with Crippen LogP contribution >= 0.6 is 0 Å². The van der Waals surface area contributed by atoms with Crippen LogP contribution in [0.4, 0.5) is 5.82 Å². The number of hydrogen-bond donors (Lipinski definition) is 3. The Morgan fingerprint density at radius 3 is 3.00 bits per heavy atom. The lowest BCUT2D eigenvalue weighted by Gasteiger charge is -2.21. The fraction of sp³-hybridized carbons (Fsp3) is 0.538. The average molecular weight is 262 g/mol. The fourth-order valence-corrected chi connectivity index (χ4v) is 2.88. The number of aliphatic hydroxyl groups is 1. The van der Waals surface area contributed by atoms with Crippen molar-refractivity contribution in [3.05, 3.63) is 22.9 Å². The number of aryl methyl sites for hydroxylation is 2. The molecule has 2 aliphatic rings. The number of amidine groups is 1. The van der Waals surface area contributed by atoms with E-state index < -0.39 is 0 Å². The summed E-state index contributed by atoms with van der Waals surface area (Å²) in [5.41, 5.74) is 8.71. The molecule has 0 saturated carbocycles. The predicted octanol–water partition coefficient (Wildman–Crippen LogP) is 0.236. The van der Waals surface area contributed by atoms with Crippen LogP contribution in [0.25, 0.3) is 0 Å². The first-order valence-corrected chi connectivity index (χ1v) is 6.62. The van der Waals surface area contributed by atoms with E-state index in [2.05, 4.69) is 10.1 Å². The molecule has 6 heteroatoms. The second-order valence-electron chi connectivity index (χ2n) is 5.19. The lowest BCUT2D eigenvalue weighted by Crippen LogP contribution is -2.27. The van der Waals surface area contributed by atoms with Crippen molar-refractivity contribution in [1.29, 1.82) is 0 Å². The fourth-order valence-electron chi connectivity index (χ4n) is 2.88. The minimum absolute atomic E-state index is 0.0820. The van der Waals surface area contributed by atoms with E-state index in [-0.39, 0.29) is 11.9 Å². The normalized spacial score (nSPS) is 22.9. The van der Waals surface area contributed by atoms with Crippen LogP contribution in [0.2, 0.25) is 0 Å². The van der Waals surface area contributed by atoms with Crippen LogP contribution in [0, 0.1) is 0 Å². The van der Waals surface area contributed by atoms with Gasteiger partial charge in [0.05, 0.1) is 11.7 Å². The van der Waals surface area contributed by atoms with Gasteiger partial charge in [-0.3, -0.25) is 0 Å². The summed E-state index contributed by atoms with van der Waals surface area (Å²) in [5, 5.41) is 21.7. The van der Waals surface area contributed by atoms with Crippen molar-refractivity contribution in [2.75, 3.05) is 18.0 Å². The molecule has 1 aliphatic carbocycles. The molecule has 1 unspecified atom stereocenters. The summed E-state index contributed by atoms with van der Waals surface area (Å²) < 4.78 is 0. The van der Waals surface area contributed by atoms with Crippen LogP contribution in [-0.2, 0) is 12.8 Å². The molecule has 0 spiro atoms. The molecule has 102 valence electrons. The Morgan fingerprint density at radius 1 is 1.47 bits per heavy atom. The minimum Gasteiger partial charge on any atom is -0.409 e. The van der Waals surface area contributed by atoms with Gasteiger partial charge in [0.15, 0.2) is 5.84 Å². The molecule has 0 radical (unpaired) electrons. The van der Waals surface area contributed by atoms with Crippen LogP contribution in [0.5, 0.6) is 0 Å². The molecule has 19 heavy (non-hydrogen) atoms. The zero-order valence-electron chi connectivity index (χ0n) is 10.7. The topological polar surface area (TPSA) is 95.0 Å². The molecule has 2 heterocycles. The molecule has 0 amide bonds. The van der Waals surface area contributed by atoms with E-state index in [0.29, 0.717) is 12.1 Å². The maximum atomic E-state index is 9.66. The Bertz CT molecular complexity index is 530. The Labute approximate surface area is 111 Å². The van der Waals surface area contributed by atoms with Gasteiger partial charge >= 0.3 is 0 Å². The Kier molecular flexibility index (Phi) is 3.02. The van der Waals surface area contributed by atoms with Crippen LogP contribution in [0.1, 0.15) is 29.7 Å². The van der Waals surface area contributed by atoms with Crippen molar-refractivity contribution in [1.82, 2.24) is 4.98 Å². The highest BCUT2D eigenvalue weighted by Gasteiger charge is 2.27. The quantitative estimate of drug-likeness (QED) is 0.307. The molecule has 1 aromatic heterocycles. The summed E-state index contributed by atoms with van der Waals surface area (Å²) in [6, 6.07) is 1.98. The summed E-state index contributed by atoms with van der Waals surface area (Å²) in [6.45, 7) is 1.30. The lowest BCUT2D eigenvalue weighted by atomic mass is 10.1. The molecule has 0 bridgehead atoms. The highest BCUT2D eigenvalue weighted by atomic mass is 16.4. The van der Waals surface area contributed by atoms with Gasteiger partial charge in [0, 0.05) is 18.8 Å². The lowest BCUT2D eigenvalue weighted by molar-refractivity contribution is 0.198. The van der Waals surface area contributed by atoms with Crippen LogP contribution < -0.4 is 10.6 Å². The van der Waals surface area contributed by atoms with Gasteiger partial charge < -0.3 is 20.9 Å². The average Bonchev–Trinajstić information content (AvgIpc) is 3.04. The number of pyridine rings is 1. The standard InChI is InChI=1S/C13H18N4O2/c14-12(16-19)10-6-8-2-1-3-11(8)15-13(10)17-5-4-9(18)7-17/h6,9,18-19H,1-5,7H2,(H2,14,16). The van der Waals surface area contributed by atoms with E-state index in [0.717, 1.165) is 43.7 Å². The van der Waals surface area contributed by atoms with Gasteiger partial charge in [0.2, 0.25) is 0 Å². The number of oxime groups is 1. The van der Waals surface area contributed by atoms with E-state index in [1.165, 1.54) is 5.56 Å². The first-order chi connectivity index (χ1) is 9.19. The maximum Gasteiger partial charge on any atom is 0.173 e. The number of aliphatic hydroxyl groups excluding tert-OH is 1. The molecular formula is C13H18N4O2. The number of aromatic nitrogens is 1. The number of fused-ring (bicyclic) bond motifs is 1. The van der Waals surface area contributed by atoms with Crippen molar-refractivity contribution in [2.45, 2.75) is 31.8 Å².